The number of ketones is 1. The first-order valence-corrected chi connectivity index (χ1v) is 4.81. The number of nitrogens with one attached hydrogen (secondary N) is 1. The van der Waals surface area contributed by atoms with Crippen molar-refractivity contribution in [1.29, 1.82) is 0 Å². The Bertz CT molecular complexity index is 367. The van der Waals surface area contributed by atoms with Crippen LogP contribution in [0.15, 0.2) is 30.3 Å². The summed E-state index contributed by atoms with van der Waals surface area (Å²) in [5.41, 5.74) is 0.544. The van der Waals surface area contributed by atoms with Crippen LogP contribution in [0.5, 0.6) is 0 Å². The van der Waals surface area contributed by atoms with Gasteiger partial charge in [-0.3, -0.25) is 4.79 Å². The molecule has 1 aromatic carbocycles. The van der Waals surface area contributed by atoms with Gasteiger partial charge in [-0.05, 0) is 13.4 Å². The number of halogens is 1. The van der Waals surface area contributed by atoms with Crippen molar-refractivity contribution in [2.75, 3.05) is 6.98 Å². The number of carbonyl (C=O) groups excluding carboxylic acids is 1. The highest BCUT2D eigenvalue weighted by Gasteiger charge is 2.16. The van der Waals surface area contributed by atoms with Gasteiger partial charge in [0.25, 0.3) is 0 Å². The highest BCUT2D eigenvalue weighted by atomic mass is 35.5. The van der Waals surface area contributed by atoms with Gasteiger partial charge in [-0.1, -0.05) is 43.7 Å². The molecular formula is C12H18ClNO. The van der Waals surface area contributed by atoms with Gasteiger partial charge >= 0.3 is 0 Å². The molecule has 0 aliphatic rings. The van der Waals surface area contributed by atoms with Gasteiger partial charge in [0, 0.05) is 9.68 Å². The van der Waals surface area contributed by atoms with Crippen LogP contribution in [0.1, 0.15) is 34.2 Å². The van der Waals surface area contributed by atoms with Crippen molar-refractivity contribution in [1.82, 2.24) is 5.32 Å². The molecule has 0 radical (unpaired) electrons. The molecule has 0 amide bonds. The summed E-state index contributed by atoms with van der Waals surface area (Å²) in [7, 11) is 0. The van der Waals surface area contributed by atoms with Crippen LogP contribution < -0.4 is 5.32 Å². The number of benzene rings is 1. The summed E-state index contributed by atoms with van der Waals surface area (Å²) >= 11 is 0. The Kier molecular flexibility index (Phi) is 4.64. The Labute approximate surface area is 102 Å². The van der Waals surface area contributed by atoms with Gasteiger partial charge in [0.2, 0.25) is 0 Å². The van der Waals surface area contributed by atoms with E-state index in [9.17, 15) is 4.79 Å². The average molecular weight is 231 g/mol. The normalized spacial score (nSPS) is 15.4. The molecule has 0 saturated carbocycles. The number of hydrogen-bond acceptors (Lipinski definition) is 2. The van der Waals surface area contributed by atoms with E-state index in [1.54, 1.807) is 24.3 Å². The minimum absolute atomic E-state index is 0. The Balaban J connectivity index is 0.00000289. The quantitative estimate of drug-likeness (QED) is 0.789. The Morgan fingerprint density at radius 2 is 2.13 bits per heavy atom. The minimum Gasteiger partial charge on any atom is -0.310 e. The average Bonchev–Trinajstić information content (AvgIpc) is 2.27. The zero-order valence-electron chi connectivity index (χ0n) is 11.7. The summed E-state index contributed by atoms with van der Waals surface area (Å²) in [6.45, 7) is -0.364. The van der Waals surface area contributed by atoms with E-state index in [1.165, 1.54) is 0 Å². The SMILES string of the molecule is Cl.[2H]C([2H])([2H])NC(CCC)C(=O)c1ccccc1. The summed E-state index contributed by atoms with van der Waals surface area (Å²) in [6, 6.07) is 8.12. The Hall–Kier alpha value is -0.860. The lowest BCUT2D eigenvalue weighted by Gasteiger charge is -2.13. The van der Waals surface area contributed by atoms with Crippen LogP contribution in [0, 0.1) is 0 Å². The summed E-state index contributed by atoms with van der Waals surface area (Å²) in [5, 5.41) is 2.41. The number of Topliss-reactive ketones (excluding diaryl/α,β-unsaturated/α-hetero) is 1. The highest BCUT2D eigenvalue weighted by molar-refractivity contribution is 6.00. The minimum atomic E-state index is -2.29. The molecule has 0 fully saturated rings. The van der Waals surface area contributed by atoms with E-state index >= 15 is 0 Å². The van der Waals surface area contributed by atoms with Crippen LogP contribution in [0.25, 0.3) is 0 Å². The van der Waals surface area contributed by atoms with Gasteiger partial charge in [0.15, 0.2) is 5.78 Å². The predicted octanol–water partition coefficient (Wildman–Crippen LogP) is 2.68. The van der Waals surface area contributed by atoms with Crippen LogP contribution in [0.2, 0.25) is 0 Å². The van der Waals surface area contributed by atoms with Crippen molar-refractivity contribution in [3.63, 3.8) is 0 Å². The maximum Gasteiger partial charge on any atom is 0.179 e. The second-order valence-electron chi connectivity index (χ2n) is 3.22. The summed E-state index contributed by atoms with van der Waals surface area (Å²) in [5.74, 6) is -0.163. The van der Waals surface area contributed by atoms with E-state index in [2.05, 4.69) is 5.32 Å². The molecule has 1 aromatic rings. The van der Waals surface area contributed by atoms with Gasteiger partial charge in [0.1, 0.15) is 0 Å². The molecule has 0 aliphatic heterocycles. The molecule has 15 heavy (non-hydrogen) atoms. The molecule has 0 spiro atoms. The van der Waals surface area contributed by atoms with Crippen LogP contribution in [-0.2, 0) is 0 Å². The van der Waals surface area contributed by atoms with Gasteiger partial charge in [-0.15, -0.1) is 12.4 Å². The molecule has 3 heteroatoms. The third-order valence-corrected chi connectivity index (χ3v) is 2.13. The number of carbonyl (C=O) groups is 1. The van der Waals surface area contributed by atoms with Gasteiger partial charge < -0.3 is 5.32 Å². The van der Waals surface area contributed by atoms with Crippen molar-refractivity contribution in [3.8, 4) is 0 Å². The van der Waals surface area contributed by atoms with Crippen molar-refractivity contribution in [2.24, 2.45) is 0 Å². The van der Waals surface area contributed by atoms with Crippen LogP contribution in [0.4, 0.5) is 0 Å². The molecule has 0 aromatic heterocycles. The fourth-order valence-corrected chi connectivity index (χ4v) is 1.36. The molecule has 1 unspecified atom stereocenters. The zero-order valence-corrected chi connectivity index (χ0v) is 9.51. The van der Waals surface area contributed by atoms with Crippen molar-refractivity contribution in [3.05, 3.63) is 35.9 Å². The van der Waals surface area contributed by atoms with E-state index in [0.717, 1.165) is 6.42 Å². The molecule has 0 heterocycles. The molecule has 1 atom stereocenters. The lowest BCUT2D eigenvalue weighted by atomic mass is 10.0. The van der Waals surface area contributed by atoms with E-state index in [0.29, 0.717) is 12.0 Å². The van der Waals surface area contributed by atoms with Gasteiger partial charge in [-0.2, -0.15) is 0 Å². The molecule has 2 nitrogen and oxygen atoms in total. The highest BCUT2D eigenvalue weighted by Crippen LogP contribution is 2.07. The summed E-state index contributed by atoms with van der Waals surface area (Å²) < 4.78 is 21.5. The Morgan fingerprint density at radius 1 is 1.47 bits per heavy atom. The fraction of sp³-hybridized carbons (Fsp3) is 0.417. The summed E-state index contributed by atoms with van der Waals surface area (Å²) in [6.07, 6.45) is 1.28. The number of rotatable bonds is 5. The first kappa shape index (κ1) is 9.37. The Morgan fingerprint density at radius 3 is 2.67 bits per heavy atom. The lowest BCUT2D eigenvalue weighted by molar-refractivity contribution is 0.0942. The zero-order chi connectivity index (χ0) is 12.9. The predicted molar refractivity (Wildman–Crippen MR) is 65.8 cm³/mol. The van der Waals surface area contributed by atoms with Crippen LogP contribution in [0.3, 0.4) is 0 Å². The number of likely N-dealkylation sites (N-methyl/N-ethyl adjacent to an activating group) is 1. The molecule has 0 aliphatic carbocycles. The number of hydrogen-bond donors (Lipinski definition) is 1. The fourth-order valence-electron chi connectivity index (χ4n) is 1.36. The first-order chi connectivity index (χ1) is 7.94. The van der Waals surface area contributed by atoms with Crippen LogP contribution in [-0.4, -0.2) is 18.8 Å². The van der Waals surface area contributed by atoms with Crippen molar-refractivity contribution >= 4 is 18.2 Å². The largest absolute Gasteiger partial charge is 0.310 e. The molecule has 0 saturated heterocycles. The van der Waals surface area contributed by atoms with E-state index in [1.807, 2.05) is 13.0 Å². The standard InChI is InChI=1S/C12H17NO.ClH/c1-3-7-11(13-2)12(14)10-8-5-4-6-9-10;/h4-6,8-9,11,13H,3,7H2,1-2H3;1H/i2D3;. The second kappa shape index (κ2) is 7.43. The maximum absolute atomic E-state index is 12.1. The molecule has 1 N–H and O–H groups in total. The molecule has 1 rings (SSSR count). The van der Waals surface area contributed by atoms with Crippen molar-refractivity contribution < 1.29 is 8.91 Å². The van der Waals surface area contributed by atoms with E-state index in [-0.39, 0.29) is 18.2 Å². The van der Waals surface area contributed by atoms with Gasteiger partial charge in [-0.25, -0.2) is 0 Å². The third-order valence-electron chi connectivity index (χ3n) is 2.13. The van der Waals surface area contributed by atoms with E-state index in [4.69, 9.17) is 4.11 Å². The monoisotopic (exact) mass is 230 g/mol. The van der Waals surface area contributed by atoms with Gasteiger partial charge in [0.05, 0.1) is 6.04 Å². The third kappa shape index (κ3) is 4.02. The maximum atomic E-state index is 12.1. The summed E-state index contributed by atoms with van der Waals surface area (Å²) in [4.78, 5) is 12.1. The topological polar surface area (TPSA) is 29.1 Å². The lowest BCUT2D eigenvalue weighted by Crippen LogP contribution is -2.33. The van der Waals surface area contributed by atoms with Crippen LogP contribution >= 0.6 is 12.4 Å². The van der Waals surface area contributed by atoms with E-state index < -0.39 is 13.0 Å². The molecule has 84 valence electrons. The molecular weight excluding hydrogens is 210 g/mol. The smallest absolute Gasteiger partial charge is 0.179 e. The first-order valence-electron chi connectivity index (χ1n) is 6.31. The molecule has 0 bridgehead atoms. The van der Waals surface area contributed by atoms with Crippen molar-refractivity contribution in [2.45, 2.75) is 25.8 Å². The second-order valence-corrected chi connectivity index (χ2v) is 3.22.